The van der Waals surface area contributed by atoms with Crippen LogP contribution in [0, 0.1) is 0 Å². The lowest BCUT2D eigenvalue weighted by atomic mass is 9.99. The Morgan fingerprint density at radius 3 is 2.14 bits per heavy atom. The number of carbonyl (C=O) groups excluding carboxylic acids is 1. The van der Waals surface area contributed by atoms with Crippen molar-refractivity contribution in [2.45, 2.75) is 43.8 Å². The Hall–Kier alpha value is -1.25. The number of sulfonamides is 1. The average Bonchev–Trinajstić information content (AvgIpc) is 3.17. The molecule has 0 bridgehead atoms. The van der Waals surface area contributed by atoms with E-state index in [2.05, 4.69) is 39.8 Å². The van der Waals surface area contributed by atoms with Crippen LogP contribution < -0.4 is 10.0 Å². The van der Waals surface area contributed by atoms with Crippen molar-refractivity contribution in [2.75, 3.05) is 43.1 Å². The van der Waals surface area contributed by atoms with Gasteiger partial charge in [-0.1, -0.05) is 6.07 Å². The Labute approximate surface area is 169 Å². The summed E-state index contributed by atoms with van der Waals surface area (Å²) in [4.78, 5) is 14.7. The fourth-order valence-corrected chi connectivity index (χ4v) is 7.29. The molecule has 1 heterocycles. The molecule has 0 aromatic heterocycles. The Balaban J connectivity index is 1.42. The largest absolute Gasteiger partial charge is 0.332 e. The van der Waals surface area contributed by atoms with E-state index in [4.69, 9.17) is 0 Å². The van der Waals surface area contributed by atoms with Gasteiger partial charge < -0.3 is 5.32 Å². The van der Waals surface area contributed by atoms with Gasteiger partial charge in [0.2, 0.25) is 10.0 Å². The van der Waals surface area contributed by atoms with Gasteiger partial charge in [0.25, 0.3) is 0 Å². The van der Waals surface area contributed by atoms with Gasteiger partial charge in [0.05, 0.1) is 0 Å². The van der Waals surface area contributed by atoms with Crippen molar-refractivity contribution in [3.63, 3.8) is 0 Å². The van der Waals surface area contributed by atoms with Crippen molar-refractivity contribution in [1.29, 1.82) is 0 Å². The zero-order chi connectivity index (χ0) is 20.1. The molecule has 1 aromatic carbocycles. The molecule has 3 aliphatic rings. The first kappa shape index (κ1) is 20.0. The number of fused-ring (bicyclic) bond motifs is 2. The predicted molar refractivity (Wildman–Crippen MR) is 117 cm³/mol. The summed E-state index contributed by atoms with van der Waals surface area (Å²) in [6.45, 7) is 1.01. The lowest BCUT2D eigenvalue weighted by molar-refractivity contribution is 0.218. The molecule has 1 aliphatic heterocycles. The second-order valence-corrected chi connectivity index (χ2v) is 15.6. The van der Waals surface area contributed by atoms with E-state index in [1.807, 2.05) is 0 Å². The van der Waals surface area contributed by atoms with Crippen molar-refractivity contribution >= 4 is 31.8 Å². The lowest BCUT2D eigenvalue weighted by Crippen LogP contribution is -2.58. The van der Waals surface area contributed by atoms with Crippen molar-refractivity contribution in [1.82, 2.24) is 9.62 Å². The van der Waals surface area contributed by atoms with Crippen molar-refractivity contribution < 1.29 is 13.2 Å². The van der Waals surface area contributed by atoms with Crippen molar-refractivity contribution in [2.24, 2.45) is 0 Å². The van der Waals surface area contributed by atoms with Crippen molar-refractivity contribution in [3.05, 3.63) is 28.3 Å². The number of likely N-dealkylation sites (tertiary alicyclic amines) is 1. The van der Waals surface area contributed by atoms with Gasteiger partial charge in [0, 0.05) is 24.7 Å². The molecule has 1 aromatic rings. The highest BCUT2D eigenvalue weighted by Crippen LogP contribution is 2.39. The van der Waals surface area contributed by atoms with E-state index >= 15 is 0 Å². The van der Waals surface area contributed by atoms with Crippen LogP contribution in [0.15, 0.2) is 6.07 Å². The highest BCUT2D eigenvalue weighted by molar-refractivity contribution is 8.32. The minimum atomic E-state index is -3.65. The second kappa shape index (κ2) is 7.22. The number of hydrogen-bond acceptors (Lipinski definition) is 4. The topological polar surface area (TPSA) is 78.5 Å². The van der Waals surface area contributed by atoms with Gasteiger partial charge in [0.1, 0.15) is 5.25 Å². The van der Waals surface area contributed by atoms with Gasteiger partial charge in [-0.15, -0.1) is 0 Å². The van der Waals surface area contributed by atoms with Crippen LogP contribution in [0.3, 0.4) is 0 Å². The molecule has 1 saturated heterocycles. The van der Waals surface area contributed by atoms with Crippen LogP contribution in [0.1, 0.15) is 35.1 Å². The smallest absolute Gasteiger partial charge is 0.307 e. The molecule has 0 saturated carbocycles. The molecule has 4 rings (SSSR count). The highest BCUT2D eigenvalue weighted by atomic mass is 32.3. The van der Waals surface area contributed by atoms with Gasteiger partial charge in [-0.25, -0.2) is 28.0 Å². The van der Waals surface area contributed by atoms with E-state index in [0.29, 0.717) is 13.1 Å². The maximum absolute atomic E-state index is 12.6. The quantitative estimate of drug-likeness (QED) is 0.760. The number of urea groups is 1. The van der Waals surface area contributed by atoms with Crippen LogP contribution in [-0.4, -0.2) is 62.3 Å². The molecule has 8 heteroatoms. The summed E-state index contributed by atoms with van der Waals surface area (Å²) in [5, 5.41) is 2.41. The summed E-state index contributed by atoms with van der Waals surface area (Å²) in [6, 6.07) is 1.68. The fraction of sp³-hybridized carbons (Fsp3) is 0.650. The molecule has 2 amide bonds. The van der Waals surface area contributed by atoms with E-state index in [0.717, 1.165) is 50.1 Å². The van der Waals surface area contributed by atoms with E-state index in [1.165, 1.54) is 22.3 Å². The standard InChI is InChI=1S/C20H31N3O3S2/c1-27(2,3)13-23-11-16(12-23)28(25,26)22-20(24)21-19-17-8-4-6-14(17)10-15-7-5-9-18(15)19/h10,16H,4-9,11-13H2,1-3H3,(H2,21,22,24). The molecule has 156 valence electrons. The number of rotatable bonds is 5. The first-order chi connectivity index (χ1) is 13.1. The molecule has 1 fully saturated rings. The first-order valence-electron chi connectivity index (χ1n) is 10.00. The molecule has 0 atom stereocenters. The fourth-order valence-electron chi connectivity index (χ4n) is 4.69. The zero-order valence-electron chi connectivity index (χ0n) is 17.0. The normalized spacial score (nSPS) is 20.4. The Morgan fingerprint density at radius 1 is 1.04 bits per heavy atom. The van der Waals surface area contributed by atoms with Crippen molar-refractivity contribution in [3.8, 4) is 0 Å². The van der Waals surface area contributed by atoms with Gasteiger partial charge in [-0.2, -0.15) is 0 Å². The maximum atomic E-state index is 12.6. The number of nitrogens with zero attached hydrogens (tertiary/aromatic N) is 1. The Morgan fingerprint density at radius 2 is 1.61 bits per heavy atom. The first-order valence-corrected chi connectivity index (χ1v) is 14.6. The summed E-state index contributed by atoms with van der Waals surface area (Å²) in [7, 11) is -4.35. The molecule has 6 nitrogen and oxygen atoms in total. The van der Waals surface area contributed by atoms with E-state index < -0.39 is 31.3 Å². The molecular formula is C20H31N3O3S2. The number of amides is 2. The monoisotopic (exact) mass is 425 g/mol. The number of nitrogens with one attached hydrogen (secondary N) is 2. The maximum Gasteiger partial charge on any atom is 0.332 e. The predicted octanol–water partition coefficient (Wildman–Crippen LogP) is 2.45. The highest BCUT2D eigenvalue weighted by Gasteiger charge is 2.39. The summed E-state index contributed by atoms with van der Waals surface area (Å²) in [5.74, 6) is 0.938. The van der Waals surface area contributed by atoms with E-state index in [1.54, 1.807) is 0 Å². The summed E-state index contributed by atoms with van der Waals surface area (Å²) < 4.78 is 27.5. The lowest BCUT2D eigenvalue weighted by Gasteiger charge is -2.43. The molecule has 2 aliphatic carbocycles. The van der Waals surface area contributed by atoms with Gasteiger partial charge in [-0.3, -0.25) is 4.90 Å². The van der Waals surface area contributed by atoms with Crippen LogP contribution in [0.25, 0.3) is 0 Å². The molecule has 0 unspecified atom stereocenters. The third-order valence-corrected chi connectivity index (χ3v) is 8.66. The van der Waals surface area contributed by atoms with E-state index in [9.17, 15) is 13.2 Å². The molecule has 28 heavy (non-hydrogen) atoms. The minimum Gasteiger partial charge on any atom is -0.307 e. The number of benzene rings is 1. The Kier molecular flexibility index (Phi) is 5.17. The van der Waals surface area contributed by atoms with Crippen LogP contribution >= 0.6 is 10.0 Å². The SMILES string of the molecule is CS(C)(C)CN1CC(S(=O)(=O)NC(=O)Nc2c3c(cc4c2CCC4)CCC3)C1. The van der Waals surface area contributed by atoms with E-state index in [-0.39, 0.29) is 0 Å². The van der Waals surface area contributed by atoms with Crippen LogP contribution in [0.4, 0.5) is 10.5 Å². The van der Waals surface area contributed by atoms with Gasteiger partial charge >= 0.3 is 6.03 Å². The van der Waals surface area contributed by atoms with Gasteiger partial charge in [-0.05, 0) is 79.5 Å². The summed E-state index contributed by atoms with van der Waals surface area (Å²) in [6.07, 6.45) is 12.9. The molecule has 0 radical (unpaired) electrons. The Bertz CT molecular complexity index is 868. The molecule has 2 N–H and O–H groups in total. The summed E-state index contributed by atoms with van der Waals surface area (Å²) in [5.41, 5.74) is 5.92. The number of aryl methyl sites for hydroxylation is 2. The molecule has 0 spiro atoms. The van der Waals surface area contributed by atoms with Crippen LogP contribution in [0.5, 0.6) is 0 Å². The third kappa shape index (κ3) is 4.04. The number of hydrogen-bond donors (Lipinski definition) is 2. The third-order valence-electron chi connectivity index (χ3n) is 5.88. The zero-order valence-corrected chi connectivity index (χ0v) is 18.6. The average molecular weight is 426 g/mol. The molecular weight excluding hydrogens is 394 g/mol. The number of anilines is 1. The second-order valence-electron chi connectivity index (χ2n) is 9.21. The van der Waals surface area contributed by atoms with Gasteiger partial charge in [0.15, 0.2) is 0 Å². The van der Waals surface area contributed by atoms with Crippen LogP contribution in [0.2, 0.25) is 0 Å². The summed E-state index contributed by atoms with van der Waals surface area (Å²) >= 11 is 0. The van der Waals surface area contributed by atoms with Crippen LogP contribution in [-0.2, 0) is 35.7 Å². The number of carbonyl (C=O) groups is 1. The minimum absolute atomic E-state index is 0.503.